The topological polar surface area (TPSA) is 101 Å². The predicted molar refractivity (Wildman–Crippen MR) is 106 cm³/mol. The monoisotopic (exact) mass is 394 g/mol. The lowest BCUT2D eigenvalue weighted by Gasteiger charge is -2.23. The SMILES string of the molecule is CCCCn1c(N)c(N(CC)C(=O)CSc2ccc(F)cc2)c(=O)[nH]c1=O. The number of anilines is 2. The number of carbonyl (C=O) groups is 1. The van der Waals surface area contributed by atoms with Gasteiger partial charge in [-0.05, 0) is 37.6 Å². The molecule has 1 heterocycles. The molecule has 2 rings (SSSR count). The highest BCUT2D eigenvalue weighted by Crippen LogP contribution is 2.22. The molecule has 1 amide bonds. The number of aromatic nitrogens is 2. The van der Waals surface area contributed by atoms with Gasteiger partial charge in [-0.15, -0.1) is 11.8 Å². The first-order valence-electron chi connectivity index (χ1n) is 8.70. The second-order valence-corrected chi connectivity index (χ2v) is 6.93. The van der Waals surface area contributed by atoms with Crippen LogP contribution in [-0.4, -0.2) is 27.8 Å². The average Bonchev–Trinajstić information content (AvgIpc) is 2.64. The summed E-state index contributed by atoms with van der Waals surface area (Å²) in [4.78, 5) is 41.2. The number of nitrogens with two attached hydrogens (primary N) is 1. The van der Waals surface area contributed by atoms with Crippen molar-refractivity contribution >= 4 is 29.2 Å². The fourth-order valence-corrected chi connectivity index (χ4v) is 3.36. The molecule has 146 valence electrons. The predicted octanol–water partition coefficient (Wildman–Crippen LogP) is 2.20. The standard InChI is InChI=1S/C18H23FN4O3S/c1-3-5-10-23-16(20)15(17(25)21-18(23)26)22(4-2)14(24)11-27-13-8-6-12(19)7-9-13/h6-9H,3-5,10-11,20H2,1-2H3,(H,21,25,26). The summed E-state index contributed by atoms with van der Waals surface area (Å²) in [5, 5.41) is 0. The Labute approximate surface area is 160 Å². The van der Waals surface area contributed by atoms with E-state index in [1.54, 1.807) is 19.1 Å². The Morgan fingerprint density at radius 1 is 1.26 bits per heavy atom. The summed E-state index contributed by atoms with van der Waals surface area (Å²) in [6.07, 6.45) is 1.57. The number of halogens is 1. The second kappa shape index (κ2) is 9.40. The van der Waals surface area contributed by atoms with Crippen LogP contribution in [-0.2, 0) is 11.3 Å². The molecule has 0 aliphatic heterocycles. The number of hydrogen-bond acceptors (Lipinski definition) is 5. The fraction of sp³-hybridized carbons (Fsp3) is 0.389. The van der Waals surface area contributed by atoms with E-state index in [4.69, 9.17) is 5.73 Å². The number of amides is 1. The van der Waals surface area contributed by atoms with Crippen LogP contribution in [0.5, 0.6) is 0 Å². The van der Waals surface area contributed by atoms with Crippen molar-refractivity contribution in [2.75, 3.05) is 22.9 Å². The van der Waals surface area contributed by atoms with E-state index in [0.29, 0.717) is 6.54 Å². The average molecular weight is 394 g/mol. The van der Waals surface area contributed by atoms with Gasteiger partial charge in [0.25, 0.3) is 5.56 Å². The highest BCUT2D eigenvalue weighted by atomic mass is 32.2. The van der Waals surface area contributed by atoms with E-state index in [-0.39, 0.29) is 35.5 Å². The van der Waals surface area contributed by atoms with E-state index < -0.39 is 11.2 Å². The fourth-order valence-electron chi connectivity index (χ4n) is 2.59. The summed E-state index contributed by atoms with van der Waals surface area (Å²) in [5.41, 5.74) is 4.78. The highest BCUT2D eigenvalue weighted by Gasteiger charge is 2.22. The van der Waals surface area contributed by atoms with Gasteiger partial charge in [0, 0.05) is 18.0 Å². The van der Waals surface area contributed by atoms with Gasteiger partial charge < -0.3 is 10.6 Å². The third kappa shape index (κ3) is 5.00. The zero-order chi connectivity index (χ0) is 20.0. The molecule has 0 saturated heterocycles. The van der Waals surface area contributed by atoms with Crippen molar-refractivity contribution in [3.63, 3.8) is 0 Å². The lowest BCUT2D eigenvalue weighted by Crippen LogP contribution is -2.41. The van der Waals surface area contributed by atoms with Crippen molar-refractivity contribution in [2.24, 2.45) is 0 Å². The van der Waals surface area contributed by atoms with E-state index >= 15 is 0 Å². The molecule has 0 aliphatic carbocycles. The Hall–Kier alpha value is -2.55. The molecule has 1 aromatic carbocycles. The van der Waals surface area contributed by atoms with Crippen LogP contribution in [0.2, 0.25) is 0 Å². The number of thioether (sulfide) groups is 1. The molecule has 2 aromatic rings. The molecule has 0 atom stereocenters. The molecule has 0 bridgehead atoms. The quantitative estimate of drug-likeness (QED) is 0.669. The van der Waals surface area contributed by atoms with Crippen LogP contribution in [0.25, 0.3) is 0 Å². The Morgan fingerprint density at radius 3 is 2.52 bits per heavy atom. The molecular weight excluding hydrogens is 371 g/mol. The van der Waals surface area contributed by atoms with Gasteiger partial charge in [0.1, 0.15) is 11.6 Å². The number of nitrogen functional groups attached to an aromatic ring is 1. The molecule has 0 unspecified atom stereocenters. The minimum absolute atomic E-state index is 0.0146. The van der Waals surface area contributed by atoms with Crippen LogP contribution in [0.1, 0.15) is 26.7 Å². The van der Waals surface area contributed by atoms with Crippen LogP contribution < -0.4 is 21.9 Å². The molecule has 0 saturated carbocycles. The van der Waals surface area contributed by atoms with Crippen molar-refractivity contribution < 1.29 is 9.18 Å². The van der Waals surface area contributed by atoms with Crippen LogP contribution in [0, 0.1) is 5.82 Å². The molecule has 7 nitrogen and oxygen atoms in total. The van der Waals surface area contributed by atoms with Gasteiger partial charge >= 0.3 is 5.69 Å². The van der Waals surface area contributed by atoms with E-state index in [9.17, 15) is 18.8 Å². The van der Waals surface area contributed by atoms with E-state index in [2.05, 4.69) is 4.98 Å². The summed E-state index contributed by atoms with van der Waals surface area (Å²) in [7, 11) is 0. The van der Waals surface area contributed by atoms with Gasteiger partial charge in [-0.25, -0.2) is 9.18 Å². The highest BCUT2D eigenvalue weighted by molar-refractivity contribution is 8.00. The second-order valence-electron chi connectivity index (χ2n) is 5.88. The molecule has 0 aliphatic rings. The summed E-state index contributed by atoms with van der Waals surface area (Å²) >= 11 is 1.23. The van der Waals surface area contributed by atoms with Crippen molar-refractivity contribution in [3.05, 3.63) is 50.9 Å². The number of H-pyrrole nitrogens is 1. The number of nitrogens with one attached hydrogen (secondary N) is 1. The molecule has 0 spiro atoms. The van der Waals surface area contributed by atoms with Crippen molar-refractivity contribution in [1.82, 2.24) is 9.55 Å². The maximum Gasteiger partial charge on any atom is 0.330 e. The van der Waals surface area contributed by atoms with Gasteiger partial charge in [0.15, 0.2) is 5.69 Å². The minimum Gasteiger partial charge on any atom is -0.383 e. The molecule has 0 radical (unpaired) electrons. The van der Waals surface area contributed by atoms with Crippen molar-refractivity contribution in [1.29, 1.82) is 0 Å². The molecule has 27 heavy (non-hydrogen) atoms. The normalized spacial score (nSPS) is 10.8. The summed E-state index contributed by atoms with van der Waals surface area (Å²) < 4.78 is 14.3. The van der Waals surface area contributed by atoms with E-state index in [0.717, 1.165) is 17.7 Å². The number of benzene rings is 1. The Morgan fingerprint density at radius 2 is 1.93 bits per heavy atom. The molecule has 3 N–H and O–H groups in total. The number of hydrogen-bond donors (Lipinski definition) is 2. The minimum atomic E-state index is -0.688. The van der Waals surface area contributed by atoms with Gasteiger partial charge in [-0.3, -0.25) is 19.1 Å². The molecule has 9 heteroatoms. The molecule has 0 fully saturated rings. The van der Waals surface area contributed by atoms with Crippen LogP contribution in [0.4, 0.5) is 15.9 Å². The first-order chi connectivity index (χ1) is 12.9. The largest absolute Gasteiger partial charge is 0.383 e. The first-order valence-corrected chi connectivity index (χ1v) is 9.68. The summed E-state index contributed by atoms with van der Waals surface area (Å²) in [5.74, 6) is -0.648. The lowest BCUT2D eigenvalue weighted by atomic mass is 10.3. The smallest absolute Gasteiger partial charge is 0.330 e. The number of aromatic amines is 1. The van der Waals surface area contributed by atoms with Crippen molar-refractivity contribution in [2.45, 2.75) is 38.1 Å². The van der Waals surface area contributed by atoms with E-state index in [1.165, 1.54) is 33.4 Å². The number of rotatable bonds is 8. The van der Waals surface area contributed by atoms with Gasteiger partial charge in [-0.1, -0.05) is 13.3 Å². The van der Waals surface area contributed by atoms with Crippen molar-refractivity contribution in [3.8, 4) is 0 Å². The molecule has 1 aromatic heterocycles. The Kier molecular flexibility index (Phi) is 7.23. The summed E-state index contributed by atoms with van der Waals surface area (Å²) in [6.45, 7) is 4.28. The third-order valence-electron chi connectivity index (χ3n) is 4.01. The van der Waals surface area contributed by atoms with Gasteiger partial charge in [-0.2, -0.15) is 0 Å². The lowest BCUT2D eigenvalue weighted by molar-refractivity contribution is -0.116. The zero-order valence-corrected chi connectivity index (χ0v) is 16.1. The molecular formula is C18H23FN4O3S. The first kappa shape index (κ1) is 20.8. The zero-order valence-electron chi connectivity index (χ0n) is 15.3. The van der Waals surface area contributed by atoms with Gasteiger partial charge in [0.2, 0.25) is 5.91 Å². The van der Waals surface area contributed by atoms with Crippen LogP contribution in [0.3, 0.4) is 0 Å². The van der Waals surface area contributed by atoms with Crippen LogP contribution >= 0.6 is 11.8 Å². The number of carbonyl (C=O) groups excluding carboxylic acids is 1. The third-order valence-corrected chi connectivity index (χ3v) is 5.01. The number of nitrogens with zero attached hydrogens (tertiary/aromatic N) is 2. The van der Waals surface area contributed by atoms with Gasteiger partial charge in [0.05, 0.1) is 5.75 Å². The number of unbranched alkanes of at least 4 members (excludes halogenated alkanes) is 1. The van der Waals surface area contributed by atoms with Crippen LogP contribution in [0.15, 0.2) is 38.8 Å². The van der Waals surface area contributed by atoms with E-state index in [1.807, 2.05) is 6.92 Å². The summed E-state index contributed by atoms with van der Waals surface area (Å²) in [6, 6.07) is 5.79. The maximum atomic E-state index is 13.0. The Bertz CT molecular complexity index is 908. The maximum absolute atomic E-state index is 13.0. The Balaban J connectivity index is 2.27.